The maximum absolute atomic E-state index is 11.7. The molecule has 1 rings (SSSR count). The average Bonchev–Trinajstić information content (AvgIpc) is 2.55. The van der Waals surface area contributed by atoms with Crippen LogP contribution in [0.4, 0.5) is 0 Å². The first-order chi connectivity index (χ1) is 7.87. The molecule has 0 aliphatic rings. The molecule has 1 heterocycles. The maximum atomic E-state index is 11.7. The molecule has 0 aliphatic carbocycles. The van der Waals surface area contributed by atoms with E-state index < -0.39 is 10.0 Å². The quantitative estimate of drug-likeness (QED) is 0.778. The Hall–Kier alpha value is -0.920. The van der Waals surface area contributed by atoms with Crippen LogP contribution in [0.15, 0.2) is 4.52 Å². The Morgan fingerprint density at radius 3 is 2.53 bits per heavy atom. The van der Waals surface area contributed by atoms with Gasteiger partial charge in [-0.15, -0.1) is 0 Å². The fourth-order valence-electron chi connectivity index (χ4n) is 1.73. The third kappa shape index (κ3) is 3.79. The average molecular weight is 261 g/mol. The van der Waals surface area contributed by atoms with Crippen LogP contribution in [0.25, 0.3) is 0 Å². The second kappa shape index (κ2) is 5.61. The van der Waals surface area contributed by atoms with Gasteiger partial charge in [0.2, 0.25) is 10.0 Å². The highest BCUT2D eigenvalue weighted by molar-refractivity contribution is 7.89. The van der Waals surface area contributed by atoms with Crippen molar-refractivity contribution in [3.8, 4) is 0 Å². The largest absolute Gasteiger partial charge is 0.361 e. The lowest BCUT2D eigenvalue weighted by atomic mass is 10.1. The molecule has 1 aromatic heterocycles. The van der Waals surface area contributed by atoms with Gasteiger partial charge in [0.05, 0.1) is 11.4 Å². The summed E-state index contributed by atoms with van der Waals surface area (Å²) in [5, 5.41) is 6.61. The zero-order valence-electron chi connectivity index (χ0n) is 10.6. The van der Waals surface area contributed by atoms with E-state index >= 15 is 0 Å². The minimum atomic E-state index is -3.28. The number of sulfonamides is 1. The predicted molar refractivity (Wildman–Crippen MR) is 65.2 cm³/mol. The van der Waals surface area contributed by atoms with Crippen molar-refractivity contribution in [1.82, 2.24) is 15.2 Å². The van der Waals surface area contributed by atoms with Crippen LogP contribution in [0.1, 0.15) is 30.0 Å². The van der Waals surface area contributed by atoms with Crippen molar-refractivity contribution in [2.45, 2.75) is 26.8 Å². The molecule has 0 saturated carbocycles. The Labute approximate surface area is 102 Å². The normalized spacial score (nSPS) is 13.9. The summed E-state index contributed by atoms with van der Waals surface area (Å²) in [7, 11) is -1.57. The Bertz CT molecular complexity index is 448. The van der Waals surface area contributed by atoms with Gasteiger partial charge in [0.15, 0.2) is 0 Å². The van der Waals surface area contributed by atoms with Crippen molar-refractivity contribution in [3.63, 3.8) is 0 Å². The summed E-state index contributed by atoms with van der Waals surface area (Å²) in [5.74, 6) is 0.698. The number of hydrogen-bond donors (Lipinski definition) is 2. The summed E-state index contributed by atoms with van der Waals surface area (Å²) >= 11 is 0. The van der Waals surface area contributed by atoms with E-state index in [0.29, 0.717) is 18.0 Å². The van der Waals surface area contributed by atoms with Crippen molar-refractivity contribution in [2.75, 3.05) is 19.3 Å². The maximum Gasteiger partial charge on any atom is 0.213 e. The van der Waals surface area contributed by atoms with Crippen LogP contribution >= 0.6 is 0 Å². The molecule has 0 fully saturated rings. The fraction of sp³-hybridized carbons (Fsp3) is 0.700. The molecule has 0 aromatic carbocycles. The van der Waals surface area contributed by atoms with Gasteiger partial charge in [-0.1, -0.05) is 5.16 Å². The van der Waals surface area contributed by atoms with Crippen molar-refractivity contribution in [2.24, 2.45) is 0 Å². The van der Waals surface area contributed by atoms with E-state index in [1.54, 1.807) is 27.8 Å². The van der Waals surface area contributed by atoms with Gasteiger partial charge in [-0.3, -0.25) is 0 Å². The van der Waals surface area contributed by atoms with Crippen molar-refractivity contribution in [3.05, 3.63) is 17.0 Å². The molecule has 0 bridgehead atoms. The summed E-state index contributed by atoms with van der Waals surface area (Å²) in [5.41, 5.74) is 1.52. The number of nitrogens with zero attached hydrogens (tertiary/aromatic N) is 1. The molecule has 7 heteroatoms. The Balaban J connectivity index is 2.76. The third-order valence-corrected chi connectivity index (χ3v) is 3.95. The molecule has 1 unspecified atom stereocenters. The first-order valence-electron chi connectivity index (χ1n) is 5.44. The number of aryl methyl sites for hydroxylation is 2. The monoisotopic (exact) mass is 261 g/mol. The van der Waals surface area contributed by atoms with Gasteiger partial charge in [0.25, 0.3) is 0 Å². The van der Waals surface area contributed by atoms with E-state index in [1.165, 1.54) is 0 Å². The summed E-state index contributed by atoms with van der Waals surface area (Å²) in [6, 6.07) is -0.330. The Morgan fingerprint density at radius 2 is 2.06 bits per heavy atom. The summed E-state index contributed by atoms with van der Waals surface area (Å²) in [6.45, 7) is 5.77. The molecule has 0 spiro atoms. The molecule has 1 atom stereocenters. The van der Waals surface area contributed by atoms with Crippen LogP contribution in [0.5, 0.6) is 0 Å². The molecule has 2 N–H and O–H groups in total. The molecule has 0 saturated heterocycles. The second-order valence-corrected chi connectivity index (χ2v) is 5.87. The molecule has 6 nitrogen and oxygen atoms in total. The van der Waals surface area contributed by atoms with Crippen LogP contribution in [0.3, 0.4) is 0 Å². The highest BCUT2D eigenvalue weighted by Crippen LogP contribution is 2.21. The summed E-state index contributed by atoms with van der Waals surface area (Å²) in [4.78, 5) is 0. The van der Waals surface area contributed by atoms with Gasteiger partial charge in [-0.05, 0) is 27.8 Å². The summed E-state index contributed by atoms with van der Waals surface area (Å²) < 4.78 is 31.1. The highest BCUT2D eigenvalue weighted by atomic mass is 32.2. The van der Waals surface area contributed by atoms with Crippen LogP contribution < -0.4 is 10.0 Å². The molecular weight excluding hydrogens is 242 g/mol. The lowest BCUT2D eigenvalue weighted by molar-refractivity contribution is 0.391. The minimum absolute atomic E-state index is 0.0528. The van der Waals surface area contributed by atoms with E-state index in [9.17, 15) is 8.42 Å². The SMILES string of the molecule is CNCCS(=O)(=O)NC(C)c1c(C)noc1C. The van der Waals surface area contributed by atoms with Crippen LogP contribution in [0.2, 0.25) is 0 Å². The van der Waals surface area contributed by atoms with E-state index in [2.05, 4.69) is 15.2 Å². The molecule has 0 aliphatic heterocycles. The summed E-state index contributed by atoms with van der Waals surface area (Å²) in [6.07, 6.45) is 0. The van der Waals surface area contributed by atoms with Crippen molar-refractivity contribution >= 4 is 10.0 Å². The first-order valence-corrected chi connectivity index (χ1v) is 7.10. The second-order valence-electron chi connectivity index (χ2n) is 4.00. The van der Waals surface area contributed by atoms with Crippen molar-refractivity contribution < 1.29 is 12.9 Å². The van der Waals surface area contributed by atoms with Crippen LogP contribution in [-0.4, -0.2) is 32.9 Å². The predicted octanol–water partition coefficient (Wildman–Crippen LogP) is 0.491. The topological polar surface area (TPSA) is 84.2 Å². The Kier molecular flexibility index (Phi) is 4.67. The van der Waals surface area contributed by atoms with Gasteiger partial charge >= 0.3 is 0 Å². The molecule has 0 amide bonds. The lowest BCUT2D eigenvalue weighted by Gasteiger charge is -2.13. The van der Waals surface area contributed by atoms with Gasteiger partial charge in [0.1, 0.15) is 5.76 Å². The molecule has 17 heavy (non-hydrogen) atoms. The lowest BCUT2D eigenvalue weighted by Crippen LogP contribution is -2.33. The van der Waals surface area contributed by atoms with E-state index in [-0.39, 0.29) is 11.8 Å². The zero-order chi connectivity index (χ0) is 13.1. The smallest absolute Gasteiger partial charge is 0.213 e. The third-order valence-electron chi connectivity index (χ3n) is 2.50. The van der Waals surface area contributed by atoms with Gasteiger partial charge < -0.3 is 9.84 Å². The molecule has 0 radical (unpaired) electrons. The van der Waals surface area contributed by atoms with Crippen LogP contribution in [-0.2, 0) is 10.0 Å². The minimum Gasteiger partial charge on any atom is -0.361 e. The molecular formula is C10H19N3O3S. The number of nitrogens with one attached hydrogen (secondary N) is 2. The molecule has 98 valence electrons. The zero-order valence-corrected chi connectivity index (χ0v) is 11.4. The Morgan fingerprint density at radius 1 is 1.41 bits per heavy atom. The number of aromatic nitrogens is 1. The number of hydrogen-bond acceptors (Lipinski definition) is 5. The van der Waals surface area contributed by atoms with E-state index in [0.717, 1.165) is 5.56 Å². The van der Waals surface area contributed by atoms with Crippen molar-refractivity contribution in [1.29, 1.82) is 0 Å². The van der Waals surface area contributed by atoms with Crippen LogP contribution in [0, 0.1) is 13.8 Å². The van der Waals surface area contributed by atoms with Gasteiger partial charge in [-0.25, -0.2) is 13.1 Å². The molecule has 1 aromatic rings. The van der Waals surface area contributed by atoms with Gasteiger partial charge in [-0.2, -0.15) is 0 Å². The number of rotatable bonds is 6. The van der Waals surface area contributed by atoms with E-state index in [4.69, 9.17) is 4.52 Å². The fourth-order valence-corrected chi connectivity index (χ4v) is 2.98. The first kappa shape index (κ1) is 14.1. The standard InChI is InChI=1S/C10H19N3O3S/c1-7-10(9(3)16-12-7)8(2)13-17(14,15)6-5-11-4/h8,11,13H,5-6H2,1-4H3. The van der Waals surface area contributed by atoms with E-state index in [1.807, 2.05) is 0 Å². The van der Waals surface area contributed by atoms with Gasteiger partial charge in [0, 0.05) is 18.2 Å². The highest BCUT2D eigenvalue weighted by Gasteiger charge is 2.21.